The molecule has 1 saturated heterocycles. The molecule has 0 saturated carbocycles. The molecule has 6 heteroatoms. The molecule has 4 nitrogen and oxygen atoms in total. The Labute approximate surface area is 174 Å². The molecule has 2 heterocycles. The zero-order valence-electron chi connectivity index (χ0n) is 15.8. The van der Waals surface area contributed by atoms with E-state index in [9.17, 15) is 9.59 Å². The van der Waals surface area contributed by atoms with Crippen molar-refractivity contribution in [3.05, 3.63) is 68.8 Å². The van der Waals surface area contributed by atoms with Gasteiger partial charge in [-0.05, 0) is 49.9 Å². The molecule has 28 heavy (non-hydrogen) atoms. The van der Waals surface area contributed by atoms with Crippen molar-refractivity contribution in [1.82, 2.24) is 4.90 Å². The smallest absolute Gasteiger partial charge is 0.282 e. The average molecular weight is 415 g/mol. The SMILES string of the molecule is Cc1ccc(C2=C(N3CCCC3)C(=O)N(c3cccc(Cl)c3Cl)C2=O)c(C)c1. The van der Waals surface area contributed by atoms with Gasteiger partial charge in [-0.2, -0.15) is 0 Å². The first-order valence-corrected chi connectivity index (χ1v) is 10.1. The summed E-state index contributed by atoms with van der Waals surface area (Å²) in [6.45, 7) is 5.50. The van der Waals surface area contributed by atoms with E-state index in [-0.39, 0.29) is 16.8 Å². The van der Waals surface area contributed by atoms with Crippen LogP contribution in [0.3, 0.4) is 0 Å². The monoisotopic (exact) mass is 414 g/mol. The molecule has 0 aliphatic carbocycles. The van der Waals surface area contributed by atoms with E-state index < -0.39 is 0 Å². The predicted octanol–water partition coefficient (Wildman–Crippen LogP) is 4.99. The number of carbonyl (C=O) groups is 2. The number of nitrogens with zero attached hydrogens (tertiary/aromatic N) is 2. The minimum atomic E-state index is -0.358. The molecule has 0 N–H and O–H groups in total. The first-order valence-electron chi connectivity index (χ1n) is 9.30. The van der Waals surface area contributed by atoms with Crippen molar-refractivity contribution in [3.8, 4) is 0 Å². The summed E-state index contributed by atoms with van der Waals surface area (Å²) < 4.78 is 0. The number of benzene rings is 2. The van der Waals surface area contributed by atoms with Crippen LogP contribution in [0, 0.1) is 13.8 Å². The van der Waals surface area contributed by atoms with Crippen molar-refractivity contribution >= 4 is 46.3 Å². The molecular formula is C22H20Cl2N2O2. The first kappa shape index (κ1) is 19.0. The van der Waals surface area contributed by atoms with Crippen molar-refractivity contribution in [2.75, 3.05) is 18.0 Å². The molecule has 2 aromatic carbocycles. The largest absolute Gasteiger partial charge is 0.366 e. The Bertz CT molecular complexity index is 1020. The zero-order valence-corrected chi connectivity index (χ0v) is 17.3. The maximum Gasteiger partial charge on any atom is 0.282 e. The van der Waals surface area contributed by atoms with Gasteiger partial charge in [0.15, 0.2) is 0 Å². The number of imide groups is 1. The van der Waals surface area contributed by atoms with Crippen molar-refractivity contribution in [2.45, 2.75) is 26.7 Å². The molecule has 0 radical (unpaired) electrons. The summed E-state index contributed by atoms with van der Waals surface area (Å²) in [5, 5.41) is 0.510. The molecule has 0 spiro atoms. The first-order chi connectivity index (χ1) is 13.4. The lowest BCUT2D eigenvalue weighted by Gasteiger charge is -2.21. The lowest BCUT2D eigenvalue weighted by molar-refractivity contribution is -0.120. The van der Waals surface area contributed by atoms with Gasteiger partial charge >= 0.3 is 0 Å². The van der Waals surface area contributed by atoms with E-state index in [1.165, 1.54) is 0 Å². The maximum atomic E-state index is 13.5. The summed E-state index contributed by atoms with van der Waals surface area (Å²) in [4.78, 5) is 30.1. The molecule has 0 unspecified atom stereocenters. The zero-order chi connectivity index (χ0) is 20.0. The third-order valence-electron chi connectivity index (χ3n) is 5.31. The van der Waals surface area contributed by atoms with Crippen LogP contribution in [0.2, 0.25) is 10.0 Å². The third kappa shape index (κ3) is 3.01. The number of likely N-dealkylation sites (tertiary alicyclic amines) is 1. The number of anilines is 1. The highest BCUT2D eigenvalue weighted by Gasteiger charge is 2.44. The Balaban J connectivity index is 1.90. The normalized spacial score (nSPS) is 17.3. The van der Waals surface area contributed by atoms with E-state index in [0.29, 0.717) is 22.0 Å². The van der Waals surface area contributed by atoms with Gasteiger partial charge in [0.1, 0.15) is 5.70 Å². The minimum Gasteiger partial charge on any atom is -0.366 e. The van der Waals surface area contributed by atoms with E-state index in [0.717, 1.165) is 47.5 Å². The van der Waals surface area contributed by atoms with Crippen LogP contribution in [0.25, 0.3) is 5.57 Å². The quantitative estimate of drug-likeness (QED) is 0.664. The summed E-state index contributed by atoms with van der Waals surface area (Å²) >= 11 is 12.5. The Hall–Kier alpha value is -2.30. The molecule has 0 atom stereocenters. The number of amides is 2. The molecule has 4 rings (SSSR count). The van der Waals surface area contributed by atoms with Crippen molar-refractivity contribution in [2.24, 2.45) is 0 Å². The highest BCUT2D eigenvalue weighted by Crippen LogP contribution is 2.41. The Morgan fingerprint density at radius 2 is 1.64 bits per heavy atom. The molecular weight excluding hydrogens is 395 g/mol. The van der Waals surface area contributed by atoms with Gasteiger partial charge in [0.25, 0.3) is 11.8 Å². The highest BCUT2D eigenvalue weighted by atomic mass is 35.5. The van der Waals surface area contributed by atoms with E-state index in [2.05, 4.69) is 0 Å². The number of rotatable bonds is 3. The Morgan fingerprint density at radius 3 is 2.32 bits per heavy atom. The van der Waals surface area contributed by atoms with Crippen LogP contribution in [0.4, 0.5) is 5.69 Å². The van der Waals surface area contributed by atoms with Gasteiger partial charge in [0.2, 0.25) is 0 Å². The standard InChI is InChI=1S/C22H20Cl2N2O2/c1-13-8-9-15(14(2)12-13)18-20(25-10-3-4-11-25)22(28)26(21(18)27)17-7-5-6-16(23)19(17)24/h5-9,12H,3-4,10-11H2,1-2H3. The van der Waals surface area contributed by atoms with E-state index in [1.807, 2.05) is 36.9 Å². The summed E-state index contributed by atoms with van der Waals surface area (Å²) in [5.41, 5.74) is 4.08. The maximum absolute atomic E-state index is 13.5. The molecule has 0 aromatic heterocycles. The molecule has 144 valence electrons. The third-order valence-corrected chi connectivity index (χ3v) is 6.11. The molecule has 0 bridgehead atoms. The fourth-order valence-corrected chi connectivity index (χ4v) is 4.35. The number of halogens is 2. The van der Waals surface area contributed by atoms with Gasteiger partial charge in [-0.3, -0.25) is 9.59 Å². The lowest BCUT2D eigenvalue weighted by Crippen LogP contribution is -2.34. The summed E-state index contributed by atoms with van der Waals surface area (Å²) in [5.74, 6) is -0.700. The summed E-state index contributed by atoms with van der Waals surface area (Å²) in [7, 11) is 0. The van der Waals surface area contributed by atoms with Crippen LogP contribution < -0.4 is 4.90 Å². The van der Waals surface area contributed by atoms with Crippen LogP contribution in [0.5, 0.6) is 0 Å². The van der Waals surface area contributed by atoms with E-state index in [1.54, 1.807) is 18.2 Å². The van der Waals surface area contributed by atoms with Crippen molar-refractivity contribution in [1.29, 1.82) is 0 Å². The van der Waals surface area contributed by atoms with Gasteiger partial charge in [-0.25, -0.2) is 4.90 Å². The molecule has 2 aliphatic rings. The van der Waals surface area contributed by atoms with Gasteiger partial charge < -0.3 is 4.90 Å². The van der Waals surface area contributed by atoms with Crippen LogP contribution in [-0.4, -0.2) is 29.8 Å². The number of hydrogen-bond acceptors (Lipinski definition) is 3. The number of aryl methyl sites for hydroxylation is 2. The second-order valence-electron chi connectivity index (χ2n) is 7.25. The Morgan fingerprint density at radius 1 is 0.929 bits per heavy atom. The molecule has 2 aromatic rings. The van der Waals surface area contributed by atoms with Gasteiger partial charge in [-0.15, -0.1) is 0 Å². The number of hydrogen-bond donors (Lipinski definition) is 0. The molecule has 2 aliphatic heterocycles. The fraction of sp³-hybridized carbons (Fsp3) is 0.273. The Kier molecular flexibility index (Phi) is 4.94. The molecule has 1 fully saturated rings. The van der Waals surface area contributed by atoms with Gasteiger partial charge in [-0.1, -0.05) is 53.0 Å². The molecule has 2 amide bonds. The lowest BCUT2D eigenvalue weighted by atomic mass is 9.97. The van der Waals surface area contributed by atoms with Crippen molar-refractivity contribution in [3.63, 3.8) is 0 Å². The predicted molar refractivity (Wildman–Crippen MR) is 113 cm³/mol. The average Bonchev–Trinajstić information content (AvgIpc) is 3.25. The highest BCUT2D eigenvalue weighted by molar-refractivity contribution is 6.49. The van der Waals surface area contributed by atoms with Crippen molar-refractivity contribution < 1.29 is 9.59 Å². The van der Waals surface area contributed by atoms with Gasteiger partial charge in [0, 0.05) is 13.1 Å². The van der Waals surface area contributed by atoms with Crippen LogP contribution in [-0.2, 0) is 9.59 Å². The topological polar surface area (TPSA) is 40.6 Å². The van der Waals surface area contributed by atoms with Crippen LogP contribution in [0.1, 0.15) is 29.5 Å². The number of carbonyl (C=O) groups excluding carboxylic acids is 2. The second kappa shape index (κ2) is 7.26. The second-order valence-corrected chi connectivity index (χ2v) is 8.04. The summed E-state index contributed by atoms with van der Waals surface area (Å²) in [6.07, 6.45) is 2.01. The van der Waals surface area contributed by atoms with E-state index >= 15 is 0 Å². The summed E-state index contributed by atoms with van der Waals surface area (Å²) in [6, 6.07) is 10.9. The minimum absolute atomic E-state index is 0.202. The van der Waals surface area contributed by atoms with E-state index in [4.69, 9.17) is 23.2 Å². The van der Waals surface area contributed by atoms with Crippen LogP contribution >= 0.6 is 23.2 Å². The van der Waals surface area contributed by atoms with Crippen LogP contribution in [0.15, 0.2) is 42.1 Å². The fourth-order valence-electron chi connectivity index (χ4n) is 3.97. The van der Waals surface area contributed by atoms with Gasteiger partial charge in [0.05, 0.1) is 21.3 Å².